The summed E-state index contributed by atoms with van der Waals surface area (Å²) in [7, 11) is 0. The first-order valence-electron chi connectivity index (χ1n) is 11.1. The van der Waals surface area contributed by atoms with Gasteiger partial charge in [0.25, 0.3) is 5.91 Å². The van der Waals surface area contributed by atoms with E-state index in [1.165, 1.54) is 0 Å². The minimum atomic E-state index is -0.645. The lowest BCUT2D eigenvalue weighted by Gasteiger charge is -2.19. The zero-order valence-electron chi connectivity index (χ0n) is 18.9. The van der Waals surface area contributed by atoms with Gasteiger partial charge in [-0.25, -0.2) is 0 Å². The highest BCUT2D eigenvalue weighted by Gasteiger charge is 2.21. The molecule has 31 heavy (non-hydrogen) atoms. The van der Waals surface area contributed by atoms with Gasteiger partial charge in [-0.15, -0.1) is 0 Å². The first-order valence-corrected chi connectivity index (χ1v) is 11.1. The van der Waals surface area contributed by atoms with E-state index in [0.717, 1.165) is 37.4 Å². The Morgan fingerprint density at radius 2 is 1.65 bits per heavy atom. The van der Waals surface area contributed by atoms with E-state index in [-0.39, 0.29) is 11.8 Å². The fourth-order valence-electron chi connectivity index (χ4n) is 3.20. The summed E-state index contributed by atoms with van der Waals surface area (Å²) in [6.07, 6.45) is 1.25. The van der Waals surface area contributed by atoms with Crippen LogP contribution in [0, 0.1) is 0 Å². The van der Waals surface area contributed by atoms with E-state index in [4.69, 9.17) is 4.74 Å². The van der Waals surface area contributed by atoms with Gasteiger partial charge in [0.2, 0.25) is 5.91 Å². The van der Waals surface area contributed by atoms with Crippen LogP contribution in [0.15, 0.2) is 54.6 Å². The number of nitrogens with zero attached hydrogens (tertiary/aromatic N) is 1. The standard InChI is InChI=1S/C25H35N3O3/c1-4-16-26-25(30)23(27-24(29)21-10-8-7-9-11-21)19-20-12-14-22(15-13-20)31-18-17-28(5-2)6-3/h7-15,23H,4-6,16-19H2,1-3H3,(H,26,30)(H,27,29)/t23-/m1/s1. The second-order valence-electron chi connectivity index (χ2n) is 7.41. The molecule has 0 unspecified atom stereocenters. The molecule has 0 aliphatic heterocycles. The Bertz CT molecular complexity index is 789. The first-order chi connectivity index (χ1) is 15.1. The van der Waals surface area contributed by atoms with Gasteiger partial charge in [-0.1, -0.05) is 51.1 Å². The van der Waals surface area contributed by atoms with Crippen LogP contribution in [0.5, 0.6) is 5.75 Å². The van der Waals surface area contributed by atoms with Crippen molar-refractivity contribution in [3.05, 3.63) is 65.7 Å². The Morgan fingerprint density at radius 1 is 0.968 bits per heavy atom. The zero-order valence-corrected chi connectivity index (χ0v) is 18.9. The fourth-order valence-corrected chi connectivity index (χ4v) is 3.20. The Morgan fingerprint density at radius 3 is 2.26 bits per heavy atom. The number of ether oxygens (including phenoxy) is 1. The maximum atomic E-state index is 12.6. The van der Waals surface area contributed by atoms with Crippen molar-refractivity contribution >= 4 is 11.8 Å². The van der Waals surface area contributed by atoms with Crippen molar-refractivity contribution < 1.29 is 14.3 Å². The molecule has 0 saturated carbocycles. The van der Waals surface area contributed by atoms with Crippen molar-refractivity contribution in [1.29, 1.82) is 0 Å². The van der Waals surface area contributed by atoms with Crippen LogP contribution in [-0.4, -0.2) is 55.5 Å². The van der Waals surface area contributed by atoms with Gasteiger partial charge in [-0.2, -0.15) is 0 Å². The molecule has 2 rings (SSSR count). The molecule has 0 bridgehead atoms. The number of carbonyl (C=O) groups excluding carboxylic acids is 2. The molecule has 2 N–H and O–H groups in total. The maximum Gasteiger partial charge on any atom is 0.251 e. The van der Waals surface area contributed by atoms with E-state index in [0.29, 0.717) is 25.1 Å². The average molecular weight is 426 g/mol. The highest BCUT2D eigenvalue weighted by atomic mass is 16.5. The number of likely N-dealkylation sites (N-methyl/N-ethyl adjacent to an activating group) is 1. The molecule has 6 heteroatoms. The van der Waals surface area contributed by atoms with E-state index in [9.17, 15) is 9.59 Å². The van der Waals surface area contributed by atoms with Crippen molar-refractivity contribution in [2.24, 2.45) is 0 Å². The largest absolute Gasteiger partial charge is 0.492 e. The monoisotopic (exact) mass is 425 g/mol. The molecule has 6 nitrogen and oxygen atoms in total. The SMILES string of the molecule is CCCNC(=O)[C@@H](Cc1ccc(OCCN(CC)CC)cc1)NC(=O)c1ccccc1. The zero-order chi connectivity index (χ0) is 22.5. The molecule has 0 saturated heterocycles. The molecule has 0 aliphatic carbocycles. The maximum absolute atomic E-state index is 12.6. The number of carbonyl (C=O) groups is 2. The molecule has 0 fully saturated rings. The molecule has 0 heterocycles. The lowest BCUT2D eigenvalue weighted by molar-refractivity contribution is -0.122. The van der Waals surface area contributed by atoms with Crippen LogP contribution in [-0.2, 0) is 11.2 Å². The molecule has 1 atom stereocenters. The molecule has 0 aliphatic rings. The summed E-state index contributed by atoms with van der Waals surface area (Å²) in [5.74, 6) is 0.371. The topological polar surface area (TPSA) is 70.7 Å². The van der Waals surface area contributed by atoms with Gasteiger partial charge in [0.05, 0.1) is 0 Å². The number of hydrogen-bond acceptors (Lipinski definition) is 4. The van der Waals surface area contributed by atoms with Gasteiger partial charge in [0, 0.05) is 25.1 Å². The highest BCUT2D eigenvalue weighted by molar-refractivity contribution is 5.97. The van der Waals surface area contributed by atoms with Crippen molar-refractivity contribution in [1.82, 2.24) is 15.5 Å². The van der Waals surface area contributed by atoms with Crippen molar-refractivity contribution in [3.8, 4) is 5.75 Å². The van der Waals surface area contributed by atoms with Crippen LogP contribution in [0.25, 0.3) is 0 Å². The number of rotatable bonds is 13. The molecular formula is C25H35N3O3. The lowest BCUT2D eigenvalue weighted by Crippen LogP contribution is -2.48. The minimum absolute atomic E-state index is 0.175. The number of nitrogens with one attached hydrogen (secondary N) is 2. The van der Waals surface area contributed by atoms with Crippen molar-refractivity contribution in [3.63, 3.8) is 0 Å². The quantitative estimate of drug-likeness (QED) is 0.517. The minimum Gasteiger partial charge on any atom is -0.492 e. The third kappa shape index (κ3) is 8.42. The number of benzene rings is 2. The summed E-state index contributed by atoms with van der Waals surface area (Å²) in [5.41, 5.74) is 1.49. The van der Waals surface area contributed by atoms with E-state index in [1.54, 1.807) is 24.3 Å². The highest BCUT2D eigenvalue weighted by Crippen LogP contribution is 2.14. The average Bonchev–Trinajstić information content (AvgIpc) is 2.81. The normalized spacial score (nSPS) is 11.7. The second kappa shape index (κ2) is 13.4. The summed E-state index contributed by atoms with van der Waals surface area (Å²) in [6.45, 7) is 10.4. The molecule has 2 aromatic carbocycles. The fraction of sp³-hybridized carbons (Fsp3) is 0.440. The molecular weight excluding hydrogens is 390 g/mol. The van der Waals surface area contributed by atoms with Gasteiger partial charge in [-0.3, -0.25) is 9.59 Å². The second-order valence-corrected chi connectivity index (χ2v) is 7.41. The summed E-state index contributed by atoms with van der Waals surface area (Å²) in [6, 6.07) is 16.0. The number of amides is 2. The predicted octanol–water partition coefficient (Wildman–Crippen LogP) is 3.27. The summed E-state index contributed by atoms with van der Waals surface area (Å²) < 4.78 is 5.83. The Hall–Kier alpha value is -2.86. The first kappa shape index (κ1) is 24.4. The molecule has 168 valence electrons. The van der Waals surface area contributed by atoms with E-state index < -0.39 is 6.04 Å². The van der Waals surface area contributed by atoms with Gasteiger partial charge in [-0.05, 0) is 49.3 Å². The van der Waals surface area contributed by atoms with Gasteiger partial charge in [0.15, 0.2) is 0 Å². The lowest BCUT2D eigenvalue weighted by atomic mass is 10.0. The third-order valence-corrected chi connectivity index (χ3v) is 5.14. The van der Waals surface area contributed by atoms with Crippen LogP contribution in [0.4, 0.5) is 0 Å². The van der Waals surface area contributed by atoms with Crippen LogP contribution in [0.3, 0.4) is 0 Å². The predicted molar refractivity (Wildman–Crippen MR) is 124 cm³/mol. The van der Waals surface area contributed by atoms with Crippen molar-refractivity contribution in [2.45, 2.75) is 39.7 Å². The van der Waals surface area contributed by atoms with Crippen LogP contribution in [0.2, 0.25) is 0 Å². The van der Waals surface area contributed by atoms with Gasteiger partial charge in [0.1, 0.15) is 18.4 Å². The Labute approximate surface area is 186 Å². The Kier molecular flexibility index (Phi) is 10.6. The Balaban J connectivity index is 1.99. The smallest absolute Gasteiger partial charge is 0.251 e. The van der Waals surface area contributed by atoms with E-state index in [2.05, 4.69) is 29.4 Å². The summed E-state index contributed by atoms with van der Waals surface area (Å²) >= 11 is 0. The van der Waals surface area contributed by atoms with Crippen LogP contribution < -0.4 is 15.4 Å². The molecule has 2 aromatic rings. The molecule has 0 spiro atoms. The molecule has 2 amide bonds. The molecule has 0 radical (unpaired) electrons. The molecule has 0 aromatic heterocycles. The number of hydrogen-bond donors (Lipinski definition) is 2. The van der Waals surface area contributed by atoms with E-state index in [1.807, 2.05) is 37.3 Å². The van der Waals surface area contributed by atoms with Crippen molar-refractivity contribution in [2.75, 3.05) is 32.8 Å². The van der Waals surface area contributed by atoms with E-state index >= 15 is 0 Å². The summed E-state index contributed by atoms with van der Waals surface area (Å²) in [4.78, 5) is 27.5. The van der Waals surface area contributed by atoms with Crippen LogP contribution >= 0.6 is 0 Å². The third-order valence-electron chi connectivity index (χ3n) is 5.14. The summed E-state index contributed by atoms with van der Waals surface area (Å²) in [5, 5.41) is 5.76. The van der Waals surface area contributed by atoms with Crippen LogP contribution in [0.1, 0.15) is 43.1 Å². The van der Waals surface area contributed by atoms with Gasteiger partial charge < -0.3 is 20.3 Å². The van der Waals surface area contributed by atoms with Gasteiger partial charge >= 0.3 is 0 Å².